The molecule has 2 aromatic carbocycles. The van der Waals surface area contributed by atoms with Gasteiger partial charge in [0, 0.05) is 12.0 Å². The molecule has 164 valence electrons. The Balaban J connectivity index is 1.52. The van der Waals surface area contributed by atoms with Crippen molar-refractivity contribution in [1.29, 1.82) is 0 Å². The van der Waals surface area contributed by atoms with E-state index >= 15 is 0 Å². The maximum atomic E-state index is 14.6. The molecule has 0 amide bonds. The van der Waals surface area contributed by atoms with Gasteiger partial charge in [0.25, 0.3) is 0 Å². The lowest BCUT2D eigenvalue weighted by Crippen LogP contribution is -2.30. The zero-order chi connectivity index (χ0) is 21.5. The number of halogens is 3. The maximum Gasteiger partial charge on any atom is 0.162 e. The van der Waals surface area contributed by atoms with E-state index in [1.54, 1.807) is 24.3 Å². The van der Waals surface area contributed by atoms with E-state index in [0.717, 1.165) is 19.3 Å². The van der Waals surface area contributed by atoms with Gasteiger partial charge in [-0.05, 0) is 54.9 Å². The van der Waals surface area contributed by atoms with Crippen LogP contribution in [0.25, 0.3) is 0 Å². The summed E-state index contributed by atoms with van der Waals surface area (Å²) in [4.78, 5) is 0. The van der Waals surface area contributed by atoms with Gasteiger partial charge in [-0.3, -0.25) is 0 Å². The van der Waals surface area contributed by atoms with Gasteiger partial charge in [-0.15, -0.1) is 0 Å². The highest BCUT2D eigenvalue weighted by Crippen LogP contribution is 2.32. The predicted molar refractivity (Wildman–Crippen MR) is 113 cm³/mol. The van der Waals surface area contributed by atoms with E-state index in [0.29, 0.717) is 61.3 Å². The van der Waals surface area contributed by atoms with E-state index in [-0.39, 0.29) is 17.8 Å². The van der Waals surface area contributed by atoms with Crippen LogP contribution in [-0.4, -0.2) is 19.3 Å². The Morgan fingerprint density at radius 3 is 2.40 bits per heavy atom. The Kier molecular flexibility index (Phi) is 8.20. The Labute approximate surface area is 177 Å². The second-order valence-electron chi connectivity index (χ2n) is 8.09. The zero-order valence-electron chi connectivity index (χ0n) is 17.9. The number of ether oxygens (including phenoxy) is 2. The summed E-state index contributed by atoms with van der Waals surface area (Å²) in [6.45, 7) is 4.67. The highest BCUT2D eigenvalue weighted by molar-refractivity contribution is 5.30. The van der Waals surface area contributed by atoms with Crippen molar-refractivity contribution in [2.75, 3.05) is 13.2 Å². The van der Waals surface area contributed by atoms with Gasteiger partial charge in [0.15, 0.2) is 11.6 Å². The maximum absolute atomic E-state index is 14.6. The summed E-state index contributed by atoms with van der Waals surface area (Å²) in [6, 6.07) is 8.35. The molecular formula is C25H31F3O2. The minimum absolute atomic E-state index is 0.142. The first-order valence-corrected chi connectivity index (χ1v) is 11.0. The molecule has 0 aromatic heterocycles. The molecule has 1 aliphatic rings. The van der Waals surface area contributed by atoms with Crippen molar-refractivity contribution in [3.63, 3.8) is 0 Å². The summed E-state index contributed by atoms with van der Waals surface area (Å²) < 4.78 is 54.5. The Morgan fingerprint density at radius 1 is 0.933 bits per heavy atom. The van der Waals surface area contributed by atoms with Crippen molar-refractivity contribution in [3.8, 4) is 5.75 Å². The molecule has 0 N–H and O–H groups in total. The molecular weight excluding hydrogens is 389 g/mol. The van der Waals surface area contributed by atoms with Gasteiger partial charge < -0.3 is 9.47 Å². The van der Waals surface area contributed by atoms with Crippen LogP contribution < -0.4 is 4.74 Å². The first-order chi connectivity index (χ1) is 14.5. The molecule has 0 bridgehead atoms. The van der Waals surface area contributed by atoms with Gasteiger partial charge in [-0.1, -0.05) is 44.9 Å². The molecule has 2 atom stereocenters. The second-order valence-corrected chi connectivity index (χ2v) is 8.09. The molecule has 1 saturated heterocycles. The molecule has 0 spiro atoms. The third-order valence-electron chi connectivity index (χ3n) is 5.78. The second kappa shape index (κ2) is 10.9. The summed E-state index contributed by atoms with van der Waals surface area (Å²) in [5.74, 6) is -1.40. The van der Waals surface area contributed by atoms with Crippen LogP contribution in [0, 0.1) is 17.5 Å². The van der Waals surface area contributed by atoms with Gasteiger partial charge in [0.2, 0.25) is 0 Å². The van der Waals surface area contributed by atoms with Crippen molar-refractivity contribution in [2.24, 2.45) is 0 Å². The Morgan fingerprint density at radius 2 is 1.73 bits per heavy atom. The standard InChI is InChI=1S/C25H31F3O2/c1-3-5-7-18-10-13-22(25(28)24(18)27)19-9-12-21(29-15-19)16-30-20-11-8-17(6-4-2)23(26)14-20/h8,10-11,13-14,19,21H,3-7,9,12,15-16H2,1-2H3. The topological polar surface area (TPSA) is 18.5 Å². The number of rotatable bonds is 9. The lowest BCUT2D eigenvalue weighted by atomic mass is 9.90. The molecule has 1 heterocycles. The summed E-state index contributed by atoms with van der Waals surface area (Å²) >= 11 is 0. The van der Waals surface area contributed by atoms with Crippen LogP contribution in [0.5, 0.6) is 5.75 Å². The van der Waals surface area contributed by atoms with Crippen LogP contribution in [0.1, 0.15) is 68.6 Å². The smallest absolute Gasteiger partial charge is 0.162 e. The average molecular weight is 421 g/mol. The van der Waals surface area contributed by atoms with Crippen molar-refractivity contribution < 1.29 is 22.6 Å². The normalized spacial score (nSPS) is 19.1. The van der Waals surface area contributed by atoms with E-state index in [1.165, 1.54) is 6.07 Å². The van der Waals surface area contributed by atoms with E-state index in [1.807, 2.05) is 13.8 Å². The molecule has 3 rings (SSSR count). The molecule has 2 unspecified atom stereocenters. The quantitative estimate of drug-likeness (QED) is 0.447. The summed E-state index contributed by atoms with van der Waals surface area (Å²) in [6.07, 6.45) is 5.17. The lowest BCUT2D eigenvalue weighted by Gasteiger charge is -2.29. The SMILES string of the molecule is CCCCc1ccc(C2CCC(COc3ccc(CCC)c(F)c3)OC2)c(F)c1F. The van der Waals surface area contributed by atoms with Crippen molar-refractivity contribution in [3.05, 3.63) is 64.5 Å². The van der Waals surface area contributed by atoms with Crippen molar-refractivity contribution in [2.45, 2.75) is 70.8 Å². The van der Waals surface area contributed by atoms with Crippen molar-refractivity contribution in [1.82, 2.24) is 0 Å². The van der Waals surface area contributed by atoms with Gasteiger partial charge in [0.05, 0.1) is 12.7 Å². The van der Waals surface area contributed by atoms with Gasteiger partial charge >= 0.3 is 0 Å². The Bertz CT molecular complexity index is 829. The molecule has 2 aromatic rings. The van der Waals surface area contributed by atoms with Crippen LogP contribution in [-0.2, 0) is 17.6 Å². The molecule has 0 radical (unpaired) electrons. The minimum atomic E-state index is -0.741. The molecule has 0 saturated carbocycles. The first kappa shape index (κ1) is 22.7. The summed E-state index contributed by atoms with van der Waals surface area (Å²) in [5, 5.41) is 0. The lowest BCUT2D eigenvalue weighted by molar-refractivity contribution is -0.0218. The van der Waals surface area contributed by atoms with Crippen LogP contribution >= 0.6 is 0 Å². The number of unbranched alkanes of at least 4 members (excludes halogenated alkanes) is 1. The number of benzene rings is 2. The number of hydrogen-bond acceptors (Lipinski definition) is 2. The fourth-order valence-electron chi connectivity index (χ4n) is 3.94. The van der Waals surface area contributed by atoms with E-state index < -0.39 is 11.6 Å². The number of aryl methyl sites for hydroxylation is 2. The summed E-state index contributed by atoms with van der Waals surface area (Å²) in [7, 11) is 0. The fraction of sp³-hybridized carbons (Fsp3) is 0.520. The fourth-order valence-corrected chi connectivity index (χ4v) is 3.94. The van der Waals surface area contributed by atoms with Crippen LogP contribution in [0.15, 0.2) is 30.3 Å². The average Bonchev–Trinajstić information content (AvgIpc) is 2.76. The minimum Gasteiger partial charge on any atom is -0.491 e. The largest absolute Gasteiger partial charge is 0.491 e. The van der Waals surface area contributed by atoms with Gasteiger partial charge in [-0.25, -0.2) is 13.2 Å². The van der Waals surface area contributed by atoms with E-state index in [2.05, 4.69) is 0 Å². The highest BCUT2D eigenvalue weighted by Gasteiger charge is 2.27. The molecule has 2 nitrogen and oxygen atoms in total. The molecule has 0 aliphatic carbocycles. The number of hydrogen-bond donors (Lipinski definition) is 0. The Hall–Kier alpha value is -2.01. The van der Waals surface area contributed by atoms with Gasteiger partial charge in [-0.2, -0.15) is 0 Å². The van der Waals surface area contributed by atoms with E-state index in [4.69, 9.17) is 9.47 Å². The predicted octanol–water partition coefficient (Wildman–Crippen LogP) is 6.74. The third-order valence-corrected chi connectivity index (χ3v) is 5.78. The summed E-state index contributed by atoms with van der Waals surface area (Å²) in [5.41, 5.74) is 1.52. The zero-order valence-corrected chi connectivity index (χ0v) is 17.9. The van der Waals surface area contributed by atoms with Gasteiger partial charge in [0.1, 0.15) is 18.2 Å². The third kappa shape index (κ3) is 5.57. The first-order valence-electron chi connectivity index (χ1n) is 11.0. The van der Waals surface area contributed by atoms with Crippen LogP contribution in [0.4, 0.5) is 13.2 Å². The van der Waals surface area contributed by atoms with E-state index in [9.17, 15) is 13.2 Å². The molecule has 1 fully saturated rings. The molecule has 30 heavy (non-hydrogen) atoms. The molecule has 5 heteroatoms. The van der Waals surface area contributed by atoms with Crippen LogP contribution in [0.3, 0.4) is 0 Å². The highest BCUT2D eigenvalue weighted by atomic mass is 19.2. The molecule has 1 aliphatic heterocycles. The monoisotopic (exact) mass is 420 g/mol. The van der Waals surface area contributed by atoms with Crippen molar-refractivity contribution >= 4 is 0 Å². The van der Waals surface area contributed by atoms with Crippen LogP contribution in [0.2, 0.25) is 0 Å².